The Kier molecular flexibility index (Phi) is 5.89. The lowest BCUT2D eigenvalue weighted by Crippen LogP contribution is -2.46. The number of fused-ring (bicyclic) bond motifs is 1. The second-order valence-corrected chi connectivity index (χ2v) is 9.41. The van der Waals surface area contributed by atoms with Crippen LogP contribution in [0.2, 0.25) is 0 Å². The summed E-state index contributed by atoms with van der Waals surface area (Å²) in [5.41, 5.74) is 2.25. The Balaban J connectivity index is 1.09. The van der Waals surface area contributed by atoms with E-state index in [0.29, 0.717) is 24.2 Å². The van der Waals surface area contributed by atoms with Gasteiger partial charge in [-0.2, -0.15) is 0 Å². The molecule has 3 heterocycles. The number of likely N-dealkylation sites (tertiary alicyclic amines) is 2. The van der Waals surface area contributed by atoms with Gasteiger partial charge in [0.25, 0.3) is 5.19 Å². The lowest BCUT2D eigenvalue weighted by molar-refractivity contribution is -0.130. The first-order valence-electron chi connectivity index (χ1n) is 11.0. The van der Waals surface area contributed by atoms with E-state index in [-0.39, 0.29) is 5.91 Å². The molecule has 0 unspecified atom stereocenters. The predicted molar refractivity (Wildman–Crippen MR) is 122 cm³/mol. The van der Waals surface area contributed by atoms with Crippen LogP contribution in [0.5, 0.6) is 10.9 Å². The van der Waals surface area contributed by atoms with Crippen LogP contribution in [0.15, 0.2) is 48.5 Å². The highest BCUT2D eigenvalue weighted by atomic mass is 32.1. The number of hydrogen-bond acceptors (Lipinski definition) is 6. The van der Waals surface area contributed by atoms with Crippen LogP contribution in [0.1, 0.15) is 24.8 Å². The number of hydrogen-bond donors (Lipinski definition) is 1. The van der Waals surface area contributed by atoms with Gasteiger partial charge in [0.2, 0.25) is 5.91 Å². The maximum absolute atomic E-state index is 12.0. The molecule has 2 aliphatic heterocycles. The van der Waals surface area contributed by atoms with E-state index in [2.05, 4.69) is 28.1 Å². The number of para-hydroxylation sites is 1. The molecule has 0 aliphatic carbocycles. The van der Waals surface area contributed by atoms with Gasteiger partial charge in [-0.25, -0.2) is 4.98 Å². The third-order valence-electron chi connectivity index (χ3n) is 6.26. The van der Waals surface area contributed by atoms with Crippen molar-refractivity contribution in [3.05, 3.63) is 54.1 Å². The molecule has 0 spiro atoms. The van der Waals surface area contributed by atoms with Gasteiger partial charge < -0.3 is 19.6 Å². The highest BCUT2D eigenvalue weighted by Crippen LogP contribution is 2.31. The van der Waals surface area contributed by atoms with Crippen molar-refractivity contribution >= 4 is 27.5 Å². The average molecular weight is 438 g/mol. The molecule has 2 saturated heterocycles. The number of aromatic nitrogens is 1. The Labute approximate surface area is 186 Å². The number of β-amino-alcohol motifs (C(OH)–C–C–N with tert-alkyl or cyclic N) is 1. The van der Waals surface area contributed by atoms with E-state index in [0.717, 1.165) is 54.9 Å². The molecule has 2 aliphatic rings. The molecule has 1 N–H and O–H groups in total. The number of carbonyl (C=O) groups is 1. The van der Waals surface area contributed by atoms with Crippen LogP contribution in [0, 0.1) is 0 Å². The highest BCUT2D eigenvalue weighted by molar-refractivity contribution is 7.20. The number of ether oxygens (including phenoxy) is 1. The fourth-order valence-electron chi connectivity index (χ4n) is 4.53. The summed E-state index contributed by atoms with van der Waals surface area (Å²) >= 11 is 1.56. The van der Waals surface area contributed by atoms with E-state index in [9.17, 15) is 9.90 Å². The highest BCUT2D eigenvalue weighted by Gasteiger charge is 2.34. The lowest BCUT2D eigenvalue weighted by atomic mass is 10.0. The van der Waals surface area contributed by atoms with Gasteiger partial charge in [0.15, 0.2) is 0 Å². The Morgan fingerprint density at radius 2 is 1.87 bits per heavy atom. The van der Waals surface area contributed by atoms with Crippen molar-refractivity contribution in [2.45, 2.75) is 37.8 Å². The van der Waals surface area contributed by atoms with Crippen LogP contribution in [0.3, 0.4) is 0 Å². The van der Waals surface area contributed by atoms with Crippen molar-refractivity contribution < 1.29 is 14.6 Å². The minimum atomic E-state index is -0.480. The van der Waals surface area contributed by atoms with E-state index in [1.165, 1.54) is 5.56 Å². The van der Waals surface area contributed by atoms with Gasteiger partial charge in [0.05, 0.1) is 22.7 Å². The molecule has 0 saturated carbocycles. The van der Waals surface area contributed by atoms with E-state index < -0.39 is 6.10 Å². The fraction of sp³-hybridized carbons (Fsp3) is 0.417. The average Bonchev–Trinajstić information content (AvgIpc) is 3.35. The third kappa shape index (κ3) is 4.74. The van der Waals surface area contributed by atoms with Crippen molar-refractivity contribution in [3.63, 3.8) is 0 Å². The molecule has 7 heteroatoms. The maximum Gasteiger partial charge on any atom is 0.279 e. The standard InChI is InChI=1S/C24H27N3O3S/c28-19-15-23(29)27(16-19)18-10-13-26(14-11-18)12-9-17-5-7-20(8-6-17)30-24-25-21-3-1-2-4-22(21)31-24/h1-8,18-19,28H,9-16H2/t19-/m1/s1. The summed E-state index contributed by atoms with van der Waals surface area (Å²) in [6.45, 7) is 3.53. The first-order valence-corrected chi connectivity index (χ1v) is 11.8. The minimum absolute atomic E-state index is 0.110. The number of benzene rings is 2. The summed E-state index contributed by atoms with van der Waals surface area (Å²) in [6.07, 6.45) is 2.79. The first-order chi connectivity index (χ1) is 15.1. The zero-order chi connectivity index (χ0) is 21.2. The van der Waals surface area contributed by atoms with Gasteiger partial charge >= 0.3 is 0 Å². The van der Waals surface area contributed by atoms with Gasteiger partial charge in [0.1, 0.15) is 5.75 Å². The van der Waals surface area contributed by atoms with Crippen LogP contribution in [-0.2, 0) is 11.2 Å². The minimum Gasteiger partial charge on any atom is -0.431 e. The first kappa shape index (κ1) is 20.4. The molecule has 2 aromatic carbocycles. The summed E-state index contributed by atoms with van der Waals surface area (Å²) in [6, 6.07) is 16.6. The van der Waals surface area contributed by atoms with E-state index in [4.69, 9.17) is 4.74 Å². The lowest BCUT2D eigenvalue weighted by Gasteiger charge is -2.36. The maximum atomic E-state index is 12.0. The van der Waals surface area contributed by atoms with Crippen LogP contribution in [0.25, 0.3) is 10.2 Å². The Morgan fingerprint density at radius 1 is 1.10 bits per heavy atom. The van der Waals surface area contributed by atoms with E-state index in [1.807, 2.05) is 35.2 Å². The molecule has 5 rings (SSSR count). The largest absolute Gasteiger partial charge is 0.431 e. The van der Waals surface area contributed by atoms with Gasteiger partial charge in [0, 0.05) is 32.2 Å². The summed E-state index contributed by atoms with van der Waals surface area (Å²) < 4.78 is 7.06. The molecule has 31 heavy (non-hydrogen) atoms. The van der Waals surface area contributed by atoms with Crippen molar-refractivity contribution in [1.29, 1.82) is 0 Å². The molecule has 6 nitrogen and oxygen atoms in total. The fourth-order valence-corrected chi connectivity index (χ4v) is 5.36. The SMILES string of the molecule is O=C1C[C@@H](O)CN1C1CCN(CCc2ccc(Oc3nc4ccccc4s3)cc2)CC1. The molecular formula is C24H27N3O3S. The number of amides is 1. The van der Waals surface area contributed by atoms with E-state index >= 15 is 0 Å². The molecule has 1 aromatic heterocycles. The summed E-state index contributed by atoms with van der Waals surface area (Å²) in [4.78, 5) is 20.9. The molecule has 162 valence electrons. The van der Waals surface area contributed by atoms with Crippen LogP contribution >= 0.6 is 11.3 Å². The summed E-state index contributed by atoms with van der Waals surface area (Å²) in [7, 11) is 0. The molecule has 0 bridgehead atoms. The Hall–Kier alpha value is -2.48. The molecule has 3 aromatic rings. The number of carbonyl (C=O) groups excluding carboxylic acids is 1. The van der Waals surface area contributed by atoms with Crippen molar-refractivity contribution in [3.8, 4) is 10.9 Å². The molecule has 1 atom stereocenters. The topological polar surface area (TPSA) is 65.9 Å². The quantitative estimate of drug-likeness (QED) is 0.637. The Bertz CT molecular complexity index is 1010. The number of rotatable bonds is 6. The zero-order valence-electron chi connectivity index (χ0n) is 17.4. The summed E-state index contributed by atoms with van der Waals surface area (Å²) in [5, 5.41) is 10.4. The zero-order valence-corrected chi connectivity index (χ0v) is 18.3. The molecule has 2 fully saturated rings. The van der Waals surface area contributed by atoms with Gasteiger partial charge in [-0.15, -0.1) is 0 Å². The molecular weight excluding hydrogens is 410 g/mol. The second kappa shape index (κ2) is 8.94. The molecule has 0 radical (unpaired) electrons. The van der Waals surface area contributed by atoms with Gasteiger partial charge in [-0.3, -0.25) is 4.79 Å². The monoisotopic (exact) mass is 437 g/mol. The number of aliphatic hydroxyl groups is 1. The number of nitrogens with zero attached hydrogens (tertiary/aromatic N) is 3. The van der Waals surface area contributed by atoms with Gasteiger partial charge in [-0.05, 0) is 49.1 Å². The number of piperidine rings is 1. The smallest absolute Gasteiger partial charge is 0.279 e. The normalized spacial score (nSPS) is 20.6. The summed E-state index contributed by atoms with van der Waals surface area (Å²) in [5.74, 6) is 0.917. The van der Waals surface area contributed by atoms with Crippen molar-refractivity contribution in [2.24, 2.45) is 0 Å². The molecule has 1 amide bonds. The second-order valence-electron chi connectivity index (χ2n) is 8.42. The van der Waals surface area contributed by atoms with Crippen LogP contribution in [-0.4, -0.2) is 64.1 Å². The van der Waals surface area contributed by atoms with Crippen LogP contribution in [0.4, 0.5) is 0 Å². The number of thiazole rings is 1. The number of aliphatic hydroxyl groups excluding tert-OH is 1. The van der Waals surface area contributed by atoms with Crippen molar-refractivity contribution in [2.75, 3.05) is 26.2 Å². The van der Waals surface area contributed by atoms with Crippen LogP contribution < -0.4 is 4.74 Å². The third-order valence-corrected chi connectivity index (χ3v) is 7.17. The van der Waals surface area contributed by atoms with E-state index in [1.54, 1.807) is 11.3 Å². The predicted octanol–water partition coefficient (Wildman–Crippen LogP) is 3.69. The van der Waals surface area contributed by atoms with Crippen molar-refractivity contribution in [1.82, 2.24) is 14.8 Å². The Morgan fingerprint density at radius 3 is 2.58 bits per heavy atom. The van der Waals surface area contributed by atoms with Gasteiger partial charge in [-0.1, -0.05) is 35.6 Å².